The van der Waals surface area contributed by atoms with Crippen LogP contribution in [0.3, 0.4) is 0 Å². The Morgan fingerprint density at radius 1 is 0.623 bits per heavy atom. The molecule has 5 heteroatoms. The summed E-state index contributed by atoms with van der Waals surface area (Å²) in [5.41, 5.74) is 6.94. The van der Waals surface area contributed by atoms with Crippen LogP contribution in [-0.2, 0) is 31.9 Å². The number of hydrogen-bond donors (Lipinski definition) is 1. The minimum atomic E-state index is -3.48. The van der Waals surface area contributed by atoms with Crippen LogP contribution in [0.5, 0.6) is 5.75 Å². The number of pyridine rings is 1. The van der Waals surface area contributed by atoms with Crippen molar-refractivity contribution in [1.82, 2.24) is 14.5 Å². The number of nitrogens with zero attached hydrogens (tertiary/aromatic N) is 3. The maximum absolute atomic E-state index is 12.3. The molecule has 0 amide bonds. The van der Waals surface area contributed by atoms with Crippen LogP contribution in [0.25, 0.3) is 72.7 Å². The third kappa shape index (κ3) is 8.66. The average molecular weight is 991 g/mol. The smallest absolute Gasteiger partial charge is 0.148 e. The summed E-state index contributed by atoms with van der Waals surface area (Å²) in [6.07, 6.45) is 1.81. The number of benzene rings is 6. The molecule has 0 unspecified atom stereocenters. The van der Waals surface area contributed by atoms with Crippen molar-refractivity contribution in [3.8, 4) is 67.5 Å². The van der Waals surface area contributed by atoms with Crippen LogP contribution >= 0.6 is 0 Å². The summed E-state index contributed by atoms with van der Waals surface area (Å²) < 4.78 is 79.1. The summed E-state index contributed by atoms with van der Waals surface area (Å²) in [6.45, 7) is 4.23. The Hall–Kier alpha value is -5.57. The molecule has 0 atom stereocenters. The molecule has 8 rings (SSSR count). The Morgan fingerprint density at radius 3 is 1.97 bits per heavy atom. The number of hydrogen-bond acceptors (Lipinski definition) is 3. The van der Waals surface area contributed by atoms with Crippen LogP contribution in [0, 0.1) is 6.07 Å². The second kappa shape index (κ2) is 17.1. The zero-order chi connectivity index (χ0) is 50.0. The molecule has 1 N–H and O–H groups in total. The number of aromatic hydroxyl groups is 1. The quantitative estimate of drug-likeness (QED) is 0.154. The van der Waals surface area contributed by atoms with Gasteiger partial charge in [-0.15, -0.1) is 29.3 Å². The van der Waals surface area contributed by atoms with E-state index in [1.54, 1.807) is 36.5 Å². The number of rotatable bonds is 8. The second-order valence-electron chi connectivity index (χ2n) is 17.3. The van der Waals surface area contributed by atoms with Gasteiger partial charge in [0, 0.05) is 50.9 Å². The van der Waals surface area contributed by atoms with Gasteiger partial charge in [-0.05, 0) is 86.4 Å². The molecule has 2 aromatic heterocycles. The largest absolute Gasteiger partial charge is 0.507 e. The normalized spacial score (nSPS) is 14.8. The van der Waals surface area contributed by atoms with Gasteiger partial charge in [0.1, 0.15) is 11.6 Å². The van der Waals surface area contributed by atoms with Gasteiger partial charge < -0.3 is 5.11 Å². The van der Waals surface area contributed by atoms with Crippen LogP contribution in [0.2, 0.25) is 0 Å². The predicted molar refractivity (Wildman–Crippen MR) is 252 cm³/mol. The summed E-state index contributed by atoms with van der Waals surface area (Å²) in [5.74, 6) is 0.418. The van der Waals surface area contributed by atoms with Crippen molar-refractivity contribution in [3.05, 3.63) is 168 Å². The summed E-state index contributed by atoms with van der Waals surface area (Å²) in [7, 11) is 0. The third-order valence-corrected chi connectivity index (χ3v) is 11.3. The first kappa shape index (κ1) is 33.1. The third-order valence-electron chi connectivity index (χ3n) is 11.3. The maximum Gasteiger partial charge on any atom is 0.148 e. The minimum absolute atomic E-state index is 0. The van der Waals surface area contributed by atoms with E-state index in [0.717, 1.165) is 50.2 Å². The van der Waals surface area contributed by atoms with E-state index in [0.29, 0.717) is 39.2 Å². The number of fused-ring (bicyclic) bond motifs is 1. The molecular weight excluding hydrogens is 926 g/mol. The molecule has 2 heterocycles. The van der Waals surface area contributed by atoms with Gasteiger partial charge in [0.2, 0.25) is 0 Å². The van der Waals surface area contributed by atoms with Crippen molar-refractivity contribution in [2.24, 2.45) is 0 Å². The molecule has 0 aliphatic heterocycles. The second-order valence-corrected chi connectivity index (χ2v) is 17.3. The van der Waals surface area contributed by atoms with E-state index in [9.17, 15) is 5.11 Å². The fraction of sp³-hybridized carbons (Fsp3) is 0.250. The maximum atomic E-state index is 12.3. The predicted octanol–water partition coefficient (Wildman–Crippen LogP) is 15.1. The summed E-state index contributed by atoms with van der Waals surface area (Å²) >= 11 is 0. The van der Waals surface area contributed by atoms with Crippen molar-refractivity contribution < 1.29 is 38.5 Å². The van der Waals surface area contributed by atoms with Gasteiger partial charge in [0.25, 0.3) is 0 Å². The fourth-order valence-corrected chi connectivity index (χ4v) is 7.85. The van der Waals surface area contributed by atoms with Crippen molar-refractivity contribution in [1.29, 1.82) is 0 Å². The van der Waals surface area contributed by atoms with Gasteiger partial charge >= 0.3 is 0 Å². The number of para-hydroxylation sites is 1. The minimum Gasteiger partial charge on any atom is -0.507 e. The van der Waals surface area contributed by atoms with Gasteiger partial charge in [-0.2, -0.15) is 0 Å². The first-order valence-corrected chi connectivity index (χ1v) is 20.5. The van der Waals surface area contributed by atoms with E-state index in [4.69, 9.17) is 22.3 Å². The molecule has 4 nitrogen and oxygen atoms in total. The molecule has 0 saturated heterocycles. The van der Waals surface area contributed by atoms with Crippen LogP contribution in [0.4, 0.5) is 0 Å². The Kier molecular flexibility index (Phi) is 9.26. The van der Waals surface area contributed by atoms with Gasteiger partial charge in [-0.1, -0.05) is 171 Å². The Bertz CT molecular complexity index is 3150. The summed E-state index contributed by atoms with van der Waals surface area (Å²) in [4.78, 5) is 10.3. The molecule has 0 aliphatic rings. The topological polar surface area (TPSA) is 50.9 Å². The molecule has 0 saturated carbocycles. The molecule has 0 radical (unpaired) electrons. The SMILES string of the molecule is [2H]C([2H])([2H])C(c1ccc(-n2c(-c3cc(C(C)C)cc(C(C)C)c3O)nc3c(-c4[c-]c(-c5cc(-c6ccccc6)ccn5)cc(C(C)(C)C)c4)cccc32)c(-c2ccccc2)c1)(C([2H])([2H])[2H])C([2H])([2H])[2H].[Pt]. The molecule has 61 heavy (non-hydrogen) atoms. The standard InChI is InChI=1S/C56H56N3O.Pt/c1-35(2)40-31-46(36(3)4)53(60)48(32-40)54-58-52-45(22-17-23-51(52)59(54)50-25-24-43(55(5,6)7)34-47(50)38-20-15-12-16-21-38)41-28-42(30-44(29-41)56(8,9)10)49-33-39(26-27-57-49)37-18-13-11-14-19-37;/h11-27,29-36,60H,1-10H3;/q-1;/i5D3,6D3,7D3;. The van der Waals surface area contributed by atoms with E-state index in [1.807, 2.05) is 79.1 Å². The fourth-order valence-electron chi connectivity index (χ4n) is 7.85. The Balaban J connectivity index is 0.00000722. The number of aromatic nitrogens is 3. The van der Waals surface area contributed by atoms with E-state index < -0.39 is 26.0 Å². The Morgan fingerprint density at radius 2 is 1.31 bits per heavy atom. The van der Waals surface area contributed by atoms with E-state index in [-0.39, 0.29) is 49.6 Å². The van der Waals surface area contributed by atoms with Crippen molar-refractivity contribution in [2.45, 2.75) is 91.7 Å². The molecule has 0 bridgehead atoms. The molecule has 0 aliphatic carbocycles. The van der Waals surface area contributed by atoms with Gasteiger partial charge in [-0.25, -0.2) is 4.98 Å². The summed E-state index contributed by atoms with van der Waals surface area (Å²) in [6, 6.07) is 45.2. The molecule has 6 aromatic carbocycles. The molecular formula is C56H56N3OPt-. The molecule has 0 spiro atoms. The molecule has 8 aromatic rings. The number of phenols is 1. The zero-order valence-electron chi connectivity index (χ0n) is 44.5. The first-order valence-electron chi connectivity index (χ1n) is 25.0. The van der Waals surface area contributed by atoms with Crippen LogP contribution in [0.15, 0.2) is 140 Å². The average Bonchev–Trinajstić information content (AvgIpc) is 3.67. The van der Waals surface area contributed by atoms with Crippen molar-refractivity contribution in [3.63, 3.8) is 0 Å². The number of phenolic OH excluding ortho intramolecular Hbond substituents is 1. The number of imidazole rings is 1. The zero-order valence-corrected chi connectivity index (χ0v) is 37.8. The van der Waals surface area contributed by atoms with Crippen molar-refractivity contribution in [2.75, 3.05) is 0 Å². The van der Waals surface area contributed by atoms with Crippen LogP contribution < -0.4 is 0 Å². The monoisotopic (exact) mass is 990 g/mol. The van der Waals surface area contributed by atoms with E-state index in [2.05, 4.69) is 71.0 Å². The summed E-state index contributed by atoms with van der Waals surface area (Å²) in [5, 5.41) is 12.3. The van der Waals surface area contributed by atoms with Gasteiger partial charge in [0.05, 0.1) is 22.3 Å². The van der Waals surface area contributed by atoms with Crippen LogP contribution in [0.1, 0.15) is 115 Å². The molecule has 0 fully saturated rings. The van der Waals surface area contributed by atoms with Gasteiger partial charge in [-0.3, -0.25) is 9.55 Å². The van der Waals surface area contributed by atoms with E-state index >= 15 is 0 Å². The molecule has 312 valence electrons. The Labute approximate surface area is 389 Å². The van der Waals surface area contributed by atoms with Gasteiger partial charge in [0.15, 0.2) is 0 Å². The first-order chi connectivity index (χ1) is 32.3. The van der Waals surface area contributed by atoms with Crippen molar-refractivity contribution >= 4 is 11.0 Å². The van der Waals surface area contributed by atoms with E-state index in [1.165, 1.54) is 12.1 Å². The van der Waals surface area contributed by atoms with Crippen LogP contribution in [-0.4, -0.2) is 19.6 Å².